The average molecular weight is 292 g/mol. The highest BCUT2D eigenvalue weighted by Crippen LogP contribution is 2.62. The summed E-state index contributed by atoms with van der Waals surface area (Å²) in [6.07, 6.45) is 8.66. The molecule has 2 bridgehead atoms. The number of hydrogen-bond acceptors (Lipinski definition) is 1. The van der Waals surface area contributed by atoms with Gasteiger partial charge in [0.1, 0.15) is 0 Å². The van der Waals surface area contributed by atoms with E-state index in [1.807, 2.05) is 0 Å². The Balaban J connectivity index is 1.78. The Morgan fingerprint density at radius 2 is 1.76 bits per heavy atom. The maximum atomic E-state index is 4.24. The van der Waals surface area contributed by atoms with Crippen molar-refractivity contribution in [2.75, 3.05) is 0 Å². The van der Waals surface area contributed by atoms with Crippen LogP contribution in [0.15, 0.2) is 0 Å². The van der Waals surface area contributed by atoms with Crippen molar-refractivity contribution in [3.8, 4) is 0 Å². The van der Waals surface area contributed by atoms with Gasteiger partial charge < -0.3 is 5.32 Å². The van der Waals surface area contributed by atoms with Gasteiger partial charge in [0.2, 0.25) is 0 Å². The molecule has 3 aliphatic carbocycles. The number of nitrogens with one attached hydrogen (secondary N) is 1. The molecule has 6 atom stereocenters. The summed E-state index contributed by atoms with van der Waals surface area (Å²) in [6, 6.07) is 1.49. The molecule has 3 aliphatic rings. The van der Waals surface area contributed by atoms with E-state index in [1.165, 1.54) is 38.5 Å². The third kappa shape index (κ3) is 2.58. The van der Waals surface area contributed by atoms with Crippen molar-refractivity contribution in [2.45, 2.75) is 92.2 Å². The number of rotatable bonds is 3. The molecule has 0 saturated heterocycles. The van der Waals surface area contributed by atoms with Crippen LogP contribution in [0, 0.1) is 34.5 Å². The lowest BCUT2D eigenvalue weighted by Gasteiger charge is -2.48. The van der Waals surface area contributed by atoms with Gasteiger partial charge in [0.15, 0.2) is 0 Å². The minimum absolute atomic E-state index is 0.495. The van der Waals surface area contributed by atoms with Gasteiger partial charge in [-0.3, -0.25) is 0 Å². The maximum Gasteiger partial charge on any atom is 0.0177 e. The zero-order valence-electron chi connectivity index (χ0n) is 15.2. The van der Waals surface area contributed by atoms with E-state index < -0.39 is 0 Å². The van der Waals surface area contributed by atoms with Crippen LogP contribution in [0.3, 0.4) is 0 Å². The second-order valence-electron chi connectivity index (χ2n) is 9.95. The molecule has 0 aromatic carbocycles. The first-order chi connectivity index (χ1) is 9.74. The predicted octanol–water partition coefficient (Wildman–Crippen LogP) is 5.25. The van der Waals surface area contributed by atoms with Gasteiger partial charge in [0.05, 0.1) is 0 Å². The van der Waals surface area contributed by atoms with Crippen molar-refractivity contribution < 1.29 is 0 Å². The minimum Gasteiger partial charge on any atom is -0.310 e. The molecule has 122 valence electrons. The smallest absolute Gasteiger partial charge is 0.0177 e. The molecule has 6 unspecified atom stereocenters. The number of fused-ring (bicyclic) bond motifs is 2. The van der Waals surface area contributed by atoms with Crippen molar-refractivity contribution in [2.24, 2.45) is 34.5 Å². The zero-order valence-corrected chi connectivity index (χ0v) is 15.2. The Hall–Kier alpha value is -0.0400. The molecule has 0 aromatic rings. The third-order valence-corrected chi connectivity index (χ3v) is 7.67. The van der Waals surface area contributed by atoms with Crippen molar-refractivity contribution in [1.29, 1.82) is 0 Å². The molecule has 0 amide bonds. The van der Waals surface area contributed by atoms with Crippen LogP contribution in [0.25, 0.3) is 0 Å². The Kier molecular flexibility index (Phi) is 3.96. The molecular formula is C20H37N. The topological polar surface area (TPSA) is 12.0 Å². The first kappa shape index (κ1) is 15.8. The van der Waals surface area contributed by atoms with Gasteiger partial charge in [0, 0.05) is 12.1 Å². The summed E-state index contributed by atoms with van der Waals surface area (Å²) in [5.74, 6) is 3.58. The predicted molar refractivity (Wildman–Crippen MR) is 91.3 cm³/mol. The highest BCUT2D eigenvalue weighted by Gasteiger charge is 2.59. The van der Waals surface area contributed by atoms with Crippen molar-refractivity contribution >= 4 is 0 Å². The fraction of sp³-hybridized carbons (Fsp3) is 1.00. The van der Waals surface area contributed by atoms with Gasteiger partial charge >= 0.3 is 0 Å². The molecular weight excluding hydrogens is 254 g/mol. The first-order valence-corrected chi connectivity index (χ1v) is 9.50. The van der Waals surface area contributed by atoms with Gasteiger partial charge in [-0.2, -0.15) is 0 Å². The molecule has 1 heteroatoms. The highest BCUT2D eigenvalue weighted by atomic mass is 15.0. The Labute approximate surface area is 132 Å². The Morgan fingerprint density at radius 1 is 1.05 bits per heavy atom. The molecule has 0 spiro atoms. The quantitative estimate of drug-likeness (QED) is 0.748. The summed E-state index contributed by atoms with van der Waals surface area (Å²) in [7, 11) is 0. The van der Waals surface area contributed by atoms with E-state index in [0.717, 1.165) is 35.8 Å². The van der Waals surface area contributed by atoms with E-state index in [9.17, 15) is 0 Å². The molecule has 3 rings (SSSR count). The van der Waals surface area contributed by atoms with Gasteiger partial charge in [-0.15, -0.1) is 0 Å². The van der Waals surface area contributed by atoms with Crippen molar-refractivity contribution in [1.82, 2.24) is 5.32 Å². The van der Waals surface area contributed by atoms with E-state index in [4.69, 9.17) is 0 Å². The van der Waals surface area contributed by atoms with Gasteiger partial charge in [-0.1, -0.05) is 48.0 Å². The SMILES string of the molecule is CC1CCC(C(C)C)C(NC2C3(C)CCC(C3)C2(C)C)C1. The second kappa shape index (κ2) is 5.25. The van der Waals surface area contributed by atoms with Crippen LogP contribution in [0.4, 0.5) is 0 Å². The lowest BCUT2D eigenvalue weighted by Crippen LogP contribution is -2.57. The van der Waals surface area contributed by atoms with Crippen LogP contribution in [0.1, 0.15) is 80.1 Å². The van der Waals surface area contributed by atoms with Crippen LogP contribution in [0.5, 0.6) is 0 Å². The largest absolute Gasteiger partial charge is 0.310 e. The van der Waals surface area contributed by atoms with Gasteiger partial charge in [-0.25, -0.2) is 0 Å². The molecule has 1 N–H and O–H groups in total. The van der Waals surface area contributed by atoms with Crippen LogP contribution in [0.2, 0.25) is 0 Å². The Bertz CT molecular complexity index is 381. The summed E-state index contributed by atoms with van der Waals surface area (Å²) in [4.78, 5) is 0. The molecule has 21 heavy (non-hydrogen) atoms. The van der Waals surface area contributed by atoms with Crippen LogP contribution in [-0.2, 0) is 0 Å². The van der Waals surface area contributed by atoms with E-state index in [-0.39, 0.29) is 0 Å². The van der Waals surface area contributed by atoms with E-state index in [0.29, 0.717) is 10.8 Å². The third-order valence-electron chi connectivity index (χ3n) is 7.67. The van der Waals surface area contributed by atoms with Crippen LogP contribution >= 0.6 is 0 Å². The lowest BCUT2D eigenvalue weighted by atomic mass is 9.66. The molecule has 0 radical (unpaired) electrons. The molecule has 3 saturated carbocycles. The summed E-state index contributed by atoms with van der Waals surface area (Å²) >= 11 is 0. The van der Waals surface area contributed by atoms with Crippen molar-refractivity contribution in [3.05, 3.63) is 0 Å². The monoisotopic (exact) mass is 291 g/mol. The standard InChI is InChI=1S/C20H37N/c1-13(2)16-8-7-14(3)11-17(16)21-18-19(4,5)15-9-10-20(18,6)12-15/h13-18,21H,7-12H2,1-6H3. The fourth-order valence-electron chi connectivity index (χ4n) is 6.33. The van der Waals surface area contributed by atoms with E-state index in [1.54, 1.807) is 0 Å². The zero-order chi connectivity index (χ0) is 15.4. The van der Waals surface area contributed by atoms with Crippen molar-refractivity contribution in [3.63, 3.8) is 0 Å². The molecule has 1 nitrogen and oxygen atoms in total. The highest BCUT2D eigenvalue weighted by molar-refractivity contribution is 5.13. The van der Waals surface area contributed by atoms with E-state index in [2.05, 4.69) is 46.9 Å². The maximum absolute atomic E-state index is 4.24. The normalized spacial score (nSPS) is 49.0. The molecule has 0 aromatic heterocycles. The van der Waals surface area contributed by atoms with Crippen LogP contribution in [-0.4, -0.2) is 12.1 Å². The molecule has 0 aliphatic heterocycles. The summed E-state index contributed by atoms with van der Waals surface area (Å²) in [5.41, 5.74) is 1.06. The lowest BCUT2D eigenvalue weighted by molar-refractivity contribution is 0.0647. The summed E-state index contributed by atoms with van der Waals surface area (Å²) < 4.78 is 0. The molecule has 3 fully saturated rings. The van der Waals surface area contributed by atoms with Gasteiger partial charge in [0.25, 0.3) is 0 Å². The fourth-order valence-corrected chi connectivity index (χ4v) is 6.33. The Morgan fingerprint density at radius 3 is 2.33 bits per heavy atom. The first-order valence-electron chi connectivity index (χ1n) is 9.50. The number of hydrogen-bond donors (Lipinski definition) is 1. The molecule has 0 heterocycles. The minimum atomic E-state index is 0.495. The van der Waals surface area contributed by atoms with Crippen LogP contribution < -0.4 is 5.32 Å². The average Bonchev–Trinajstić information content (AvgIpc) is 2.85. The van der Waals surface area contributed by atoms with Gasteiger partial charge in [-0.05, 0) is 66.6 Å². The summed E-state index contributed by atoms with van der Waals surface area (Å²) in [6.45, 7) is 15.0. The van der Waals surface area contributed by atoms with E-state index >= 15 is 0 Å². The second-order valence-corrected chi connectivity index (χ2v) is 9.95. The summed E-state index contributed by atoms with van der Waals surface area (Å²) in [5, 5.41) is 4.24.